The van der Waals surface area contributed by atoms with Gasteiger partial charge in [0.2, 0.25) is 5.82 Å². The molecule has 9 nitrogen and oxygen atoms in total. The highest BCUT2D eigenvalue weighted by molar-refractivity contribution is 14.1. The molecule has 0 spiro atoms. The number of carbonyl (C=O) groups is 1. The first-order valence-electron chi connectivity index (χ1n) is 11.1. The second kappa shape index (κ2) is 10.4. The fourth-order valence-corrected chi connectivity index (χ4v) is 4.44. The van der Waals surface area contributed by atoms with E-state index in [9.17, 15) is 9.59 Å². The first-order valence-corrected chi connectivity index (χ1v) is 12.2. The second-order valence-corrected chi connectivity index (χ2v) is 9.01. The molecule has 186 valence electrons. The average molecular weight is 609 g/mol. The fraction of sp³-hybridized carbons (Fsp3) is 0.111. The van der Waals surface area contributed by atoms with Crippen molar-refractivity contribution < 1.29 is 23.4 Å². The van der Waals surface area contributed by atoms with Gasteiger partial charge in [-0.25, -0.2) is 9.78 Å². The molecule has 2 aromatic heterocycles. The van der Waals surface area contributed by atoms with E-state index in [1.807, 2.05) is 30.3 Å². The molecule has 0 aliphatic rings. The maximum absolute atomic E-state index is 13.5. The number of furan rings is 1. The van der Waals surface area contributed by atoms with Gasteiger partial charge in [-0.1, -0.05) is 18.2 Å². The molecule has 0 saturated heterocycles. The van der Waals surface area contributed by atoms with Gasteiger partial charge in [0.05, 0.1) is 40.3 Å². The minimum Gasteiger partial charge on any atom is -0.496 e. The highest BCUT2D eigenvalue weighted by Gasteiger charge is 2.18. The van der Waals surface area contributed by atoms with Gasteiger partial charge in [-0.3, -0.25) is 4.79 Å². The molecule has 0 fully saturated rings. The summed E-state index contributed by atoms with van der Waals surface area (Å²) in [6.45, 7) is -0.191. The Bertz CT molecular complexity index is 1720. The lowest BCUT2D eigenvalue weighted by Gasteiger charge is -2.08. The monoisotopic (exact) mass is 609 g/mol. The minimum atomic E-state index is -0.472. The molecule has 2 heterocycles. The average Bonchev–Trinajstić information content (AvgIpc) is 3.36. The van der Waals surface area contributed by atoms with E-state index in [0.29, 0.717) is 39.3 Å². The van der Waals surface area contributed by atoms with Crippen LogP contribution in [0.5, 0.6) is 11.5 Å². The summed E-state index contributed by atoms with van der Waals surface area (Å²) in [6.07, 6.45) is 1.55. The van der Waals surface area contributed by atoms with E-state index in [1.165, 1.54) is 11.8 Å². The quantitative estimate of drug-likeness (QED) is 0.148. The van der Waals surface area contributed by atoms with Crippen LogP contribution in [-0.2, 0) is 9.53 Å². The lowest BCUT2D eigenvalue weighted by Crippen LogP contribution is -2.20. The topological polar surface area (TPSA) is 105 Å². The number of fused-ring (bicyclic) bond motifs is 2. The fourth-order valence-electron chi connectivity index (χ4n) is 3.75. The number of ether oxygens (including phenoxy) is 3. The third kappa shape index (κ3) is 4.92. The zero-order chi connectivity index (χ0) is 25.9. The van der Waals surface area contributed by atoms with Crippen LogP contribution in [0.2, 0.25) is 0 Å². The number of nitrogens with zero attached hydrogens (tertiary/aromatic N) is 3. The first-order chi connectivity index (χ1) is 18.0. The summed E-state index contributed by atoms with van der Waals surface area (Å²) >= 11 is 2.10. The Morgan fingerprint density at radius 3 is 2.68 bits per heavy atom. The Morgan fingerprint density at radius 1 is 1.05 bits per heavy atom. The number of esters is 1. The van der Waals surface area contributed by atoms with E-state index < -0.39 is 5.97 Å². The standard InChI is InChI=1S/C27H20IN3O6/c1-34-21-8-5-9-22-18(21)13-24(37-22)26-30-20-7-4-3-6-17(20)27(33)31(26)29-14-16-10-11-23(19(28)12-16)36-15-25(32)35-2/h3-14H,15H2,1-2H3. The molecule has 3 aromatic carbocycles. The van der Waals surface area contributed by atoms with Crippen LogP contribution in [0.15, 0.2) is 81.0 Å². The van der Waals surface area contributed by atoms with Gasteiger partial charge in [0.15, 0.2) is 12.4 Å². The summed E-state index contributed by atoms with van der Waals surface area (Å²) in [6, 6.07) is 19.7. The number of halogens is 1. The number of rotatable bonds is 7. The van der Waals surface area contributed by atoms with Crippen LogP contribution in [-0.4, -0.2) is 42.7 Å². The summed E-state index contributed by atoms with van der Waals surface area (Å²) in [7, 11) is 2.89. The second-order valence-electron chi connectivity index (χ2n) is 7.85. The summed E-state index contributed by atoms with van der Waals surface area (Å²) in [5.41, 5.74) is 1.51. The minimum absolute atomic E-state index is 0.191. The highest BCUT2D eigenvalue weighted by atomic mass is 127. The molecule has 5 rings (SSSR count). The largest absolute Gasteiger partial charge is 0.496 e. The molecule has 0 atom stereocenters. The smallest absolute Gasteiger partial charge is 0.343 e. The van der Waals surface area contributed by atoms with Crippen molar-refractivity contribution in [2.75, 3.05) is 20.8 Å². The van der Waals surface area contributed by atoms with Crippen LogP contribution in [0, 0.1) is 3.57 Å². The maximum atomic E-state index is 13.5. The van der Waals surface area contributed by atoms with Crippen molar-refractivity contribution in [3.05, 3.63) is 86.2 Å². The summed E-state index contributed by atoms with van der Waals surface area (Å²) < 4.78 is 23.6. The van der Waals surface area contributed by atoms with Crippen LogP contribution in [0.1, 0.15) is 5.56 Å². The number of hydrogen-bond acceptors (Lipinski definition) is 8. The van der Waals surface area contributed by atoms with E-state index in [4.69, 9.17) is 18.9 Å². The Kier molecular flexibility index (Phi) is 6.91. The predicted molar refractivity (Wildman–Crippen MR) is 147 cm³/mol. The molecule has 0 saturated carbocycles. The number of benzene rings is 3. The van der Waals surface area contributed by atoms with Gasteiger partial charge in [0.1, 0.15) is 17.1 Å². The molecule has 37 heavy (non-hydrogen) atoms. The summed E-state index contributed by atoms with van der Waals surface area (Å²) in [4.78, 5) is 29.5. The van der Waals surface area contributed by atoms with Gasteiger partial charge >= 0.3 is 5.97 Å². The van der Waals surface area contributed by atoms with Crippen molar-refractivity contribution in [1.29, 1.82) is 0 Å². The zero-order valence-corrected chi connectivity index (χ0v) is 22.0. The van der Waals surface area contributed by atoms with Crippen LogP contribution in [0.3, 0.4) is 0 Å². The van der Waals surface area contributed by atoms with Crippen LogP contribution < -0.4 is 15.0 Å². The van der Waals surface area contributed by atoms with Gasteiger partial charge in [0, 0.05) is 0 Å². The van der Waals surface area contributed by atoms with Gasteiger partial charge < -0.3 is 18.6 Å². The molecule has 10 heteroatoms. The number of methoxy groups -OCH3 is 2. The van der Waals surface area contributed by atoms with Crippen molar-refractivity contribution in [3.63, 3.8) is 0 Å². The van der Waals surface area contributed by atoms with Crippen molar-refractivity contribution in [3.8, 4) is 23.1 Å². The van der Waals surface area contributed by atoms with E-state index in [0.717, 1.165) is 8.96 Å². The van der Waals surface area contributed by atoms with Crippen molar-refractivity contribution in [1.82, 2.24) is 9.66 Å². The Balaban J connectivity index is 1.58. The molecule has 0 radical (unpaired) electrons. The third-order valence-electron chi connectivity index (χ3n) is 5.57. The van der Waals surface area contributed by atoms with Crippen LogP contribution >= 0.6 is 22.6 Å². The van der Waals surface area contributed by atoms with Crippen molar-refractivity contribution in [2.24, 2.45) is 5.10 Å². The normalized spacial score (nSPS) is 11.3. The van der Waals surface area contributed by atoms with Gasteiger partial charge in [-0.2, -0.15) is 9.78 Å². The summed E-state index contributed by atoms with van der Waals surface area (Å²) in [5, 5.41) is 5.67. The maximum Gasteiger partial charge on any atom is 0.343 e. The van der Waals surface area contributed by atoms with Crippen molar-refractivity contribution in [2.45, 2.75) is 0 Å². The Morgan fingerprint density at radius 2 is 1.89 bits per heavy atom. The Labute approximate surface area is 224 Å². The SMILES string of the molecule is COC(=O)COc1ccc(C=Nn2c(-c3cc4c(OC)cccc4o3)nc3ccccc3c2=O)cc1I. The zero-order valence-electron chi connectivity index (χ0n) is 19.8. The van der Waals surface area contributed by atoms with E-state index in [2.05, 4.69) is 32.4 Å². The highest BCUT2D eigenvalue weighted by Crippen LogP contribution is 2.33. The van der Waals surface area contributed by atoms with Gasteiger partial charge in [0.25, 0.3) is 5.56 Å². The molecule has 0 N–H and O–H groups in total. The molecule has 0 bridgehead atoms. The number of hydrogen-bond donors (Lipinski definition) is 0. The predicted octanol–water partition coefficient (Wildman–Crippen LogP) is 4.86. The first kappa shape index (κ1) is 24.5. The molecular formula is C27H20IN3O6. The van der Waals surface area contributed by atoms with E-state index in [-0.39, 0.29) is 18.0 Å². The molecular weight excluding hydrogens is 589 g/mol. The molecule has 5 aromatic rings. The number of para-hydroxylation sites is 1. The van der Waals surface area contributed by atoms with Gasteiger partial charge in [-0.05, 0) is 76.7 Å². The lowest BCUT2D eigenvalue weighted by atomic mass is 10.2. The van der Waals surface area contributed by atoms with E-state index in [1.54, 1.807) is 49.7 Å². The van der Waals surface area contributed by atoms with Crippen LogP contribution in [0.25, 0.3) is 33.5 Å². The van der Waals surface area contributed by atoms with Crippen LogP contribution in [0.4, 0.5) is 0 Å². The third-order valence-corrected chi connectivity index (χ3v) is 6.41. The molecule has 0 amide bonds. The molecule has 0 aliphatic heterocycles. The lowest BCUT2D eigenvalue weighted by molar-refractivity contribution is -0.142. The number of carbonyl (C=O) groups excluding carboxylic acids is 1. The Hall–Kier alpha value is -4.19. The van der Waals surface area contributed by atoms with Gasteiger partial charge in [-0.15, -0.1) is 0 Å². The van der Waals surface area contributed by atoms with Crippen molar-refractivity contribution >= 4 is 56.6 Å². The molecule has 0 aliphatic carbocycles. The molecule has 0 unspecified atom stereocenters. The number of aromatic nitrogens is 2. The summed E-state index contributed by atoms with van der Waals surface area (Å²) in [5.74, 6) is 1.34. The van der Waals surface area contributed by atoms with E-state index >= 15 is 0 Å².